The monoisotopic (exact) mass is 305 g/mol. The standard InChI is InChI=1S/C16H19NO3S/c1-4-21(19,20)17-11-16(14-8-6-5-7-9-14)15(13(17)3)10-12(2)18/h5-9,11H,4,10H2,1-3H3. The van der Waals surface area contributed by atoms with E-state index in [-0.39, 0.29) is 18.0 Å². The van der Waals surface area contributed by atoms with Crippen LogP contribution < -0.4 is 0 Å². The zero-order valence-corrected chi connectivity index (χ0v) is 13.3. The fourth-order valence-electron chi connectivity index (χ4n) is 2.39. The van der Waals surface area contributed by atoms with Crippen molar-refractivity contribution in [3.8, 4) is 11.1 Å². The summed E-state index contributed by atoms with van der Waals surface area (Å²) in [7, 11) is -3.37. The molecular weight excluding hydrogens is 286 g/mol. The fourth-order valence-corrected chi connectivity index (χ4v) is 3.46. The lowest BCUT2D eigenvalue weighted by atomic mass is 9.99. The summed E-state index contributed by atoms with van der Waals surface area (Å²) < 4.78 is 25.7. The van der Waals surface area contributed by atoms with Crippen LogP contribution in [0.2, 0.25) is 0 Å². The molecule has 0 bridgehead atoms. The van der Waals surface area contributed by atoms with Crippen LogP contribution in [0.4, 0.5) is 0 Å². The van der Waals surface area contributed by atoms with Gasteiger partial charge in [0.15, 0.2) is 0 Å². The number of nitrogens with zero attached hydrogens (tertiary/aromatic N) is 1. The predicted molar refractivity (Wildman–Crippen MR) is 83.8 cm³/mol. The summed E-state index contributed by atoms with van der Waals surface area (Å²) in [5.74, 6) is 0.0397. The quantitative estimate of drug-likeness (QED) is 0.853. The van der Waals surface area contributed by atoms with Crippen molar-refractivity contribution in [3.63, 3.8) is 0 Å². The van der Waals surface area contributed by atoms with Crippen LogP contribution in [0.5, 0.6) is 0 Å². The second-order valence-electron chi connectivity index (χ2n) is 5.05. The SMILES string of the molecule is CCS(=O)(=O)n1cc(-c2ccccc2)c(CC(C)=O)c1C. The zero-order valence-electron chi connectivity index (χ0n) is 12.5. The minimum absolute atomic E-state index is 0.0157. The molecule has 0 radical (unpaired) electrons. The van der Waals surface area contributed by atoms with Gasteiger partial charge in [-0.3, -0.25) is 4.79 Å². The van der Waals surface area contributed by atoms with E-state index < -0.39 is 10.0 Å². The van der Waals surface area contributed by atoms with E-state index in [2.05, 4.69) is 0 Å². The molecule has 112 valence electrons. The molecule has 0 amide bonds. The number of aromatic nitrogens is 1. The Labute approximate surface area is 125 Å². The van der Waals surface area contributed by atoms with Gasteiger partial charge in [-0.15, -0.1) is 0 Å². The van der Waals surface area contributed by atoms with Gasteiger partial charge in [0.05, 0.1) is 5.75 Å². The molecule has 0 saturated heterocycles. The van der Waals surface area contributed by atoms with Gasteiger partial charge in [-0.2, -0.15) is 0 Å². The molecule has 4 nitrogen and oxygen atoms in total. The van der Waals surface area contributed by atoms with Gasteiger partial charge in [-0.25, -0.2) is 12.4 Å². The van der Waals surface area contributed by atoms with Gasteiger partial charge in [-0.05, 0) is 31.9 Å². The maximum absolute atomic E-state index is 12.2. The molecule has 0 atom stereocenters. The third-order valence-corrected chi connectivity index (χ3v) is 5.22. The van der Waals surface area contributed by atoms with E-state index in [0.29, 0.717) is 5.69 Å². The van der Waals surface area contributed by atoms with Crippen molar-refractivity contribution in [3.05, 3.63) is 47.8 Å². The topological polar surface area (TPSA) is 56.1 Å². The van der Waals surface area contributed by atoms with Crippen molar-refractivity contribution in [2.45, 2.75) is 27.2 Å². The first-order chi connectivity index (χ1) is 9.86. The van der Waals surface area contributed by atoms with Crippen LogP contribution in [0.3, 0.4) is 0 Å². The number of ketones is 1. The molecule has 0 saturated carbocycles. The average Bonchev–Trinajstić information content (AvgIpc) is 2.77. The summed E-state index contributed by atoms with van der Waals surface area (Å²) >= 11 is 0. The van der Waals surface area contributed by atoms with Gasteiger partial charge < -0.3 is 0 Å². The molecular formula is C16H19NO3S. The number of carbonyl (C=O) groups is 1. The summed E-state index contributed by atoms with van der Waals surface area (Å²) in [6, 6.07) is 9.53. The van der Waals surface area contributed by atoms with Crippen LogP contribution in [-0.2, 0) is 21.2 Å². The van der Waals surface area contributed by atoms with Gasteiger partial charge in [0, 0.05) is 23.9 Å². The van der Waals surface area contributed by atoms with Crippen LogP contribution in [-0.4, -0.2) is 23.9 Å². The highest BCUT2D eigenvalue weighted by Crippen LogP contribution is 2.29. The number of benzene rings is 1. The van der Waals surface area contributed by atoms with E-state index >= 15 is 0 Å². The van der Waals surface area contributed by atoms with Crippen LogP contribution in [0.1, 0.15) is 25.1 Å². The second kappa shape index (κ2) is 5.85. The Morgan fingerprint density at radius 3 is 2.33 bits per heavy atom. The average molecular weight is 305 g/mol. The third kappa shape index (κ3) is 3.08. The van der Waals surface area contributed by atoms with Crippen LogP contribution >= 0.6 is 0 Å². The van der Waals surface area contributed by atoms with Crippen LogP contribution in [0, 0.1) is 6.92 Å². The Morgan fingerprint density at radius 2 is 1.81 bits per heavy atom. The van der Waals surface area contributed by atoms with Crippen molar-refractivity contribution in [2.24, 2.45) is 0 Å². The summed E-state index contributed by atoms with van der Waals surface area (Å²) in [6.07, 6.45) is 1.87. The first kappa shape index (κ1) is 15.5. The molecule has 2 rings (SSSR count). The lowest BCUT2D eigenvalue weighted by molar-refractivity contribution is -0.116. The highest BCUT2D eigenvalue weighted by Gasteiger charge is 2.21. The molecule has 0 unspecified atom stereocenters. The Morgan fingerprint density at radius 1 is 1.19 bits per heavy atom. The Kier molecular flexibility index (Phi) is 4.32. The summed E-state index contributed by atoms with van der Waals surface area (Å²) in [5.41, 5.74) is 3.12. The van der Waals surface area contributed by atoms with E-state index in [0.717, 1.165) is 16.7 Å². The Balaban J connectivity index is 2.69. The van der Waals surface area contributed by atoms with Crippen molar-refractivity contribution in [1.29, 1.82) is 0 Å². The molecule has 0 aliphatic rings. The first-order valence-corrected chi connectivity index (χ1v) is 8.46. The normalized spacial score (nSPS) is 11.6. The largest absolute Gasteiger partial charge is 0.300 e. The molecule has 21 heavy (non-hydrogen) atoms. The number of Topliss-reactive ketones (excluding diaryl/α,β-unsaturated/α-hetero) is 1. The molecule has 0 aliphatic heterocycles. The zero-order chi connectivity index (χ0) is 15.6. The van der Waals surface area contributed by atoms with E-state index in [4.69, 9.17) is 0 Å². The van der Waals surface area contributed by atoms with E-state index in [1.165, 1.54) is 10.9 Å². The molecule has 0 N–H and O–H groups in total. The fraction of sp³-hybridized carbons (Fsp3) is 0.312. The van der Waals surface area contributed by atoms with Crippen molar-refractivity contribution in [1.82, 2.24) is 3.97 Å². The maximum atomic E-state index is 12.2. The van der Waals surface area contributed by atoms with E-state index in [1.54, 1.807) is 20.0 Å². The van der Waals surface area contributed by atoms with Crippen molar-refractivity contribution >= 4 is 15.8 Å². The van der Waals surface area contributed by atoms with Crippen LogP contribution in [0.25, 0.3) is 11.1 Å². The first-order valence-electron chi connectivity index (χ1n) is 6.85. The van der Waals surface area contributed by atoms with E-state index in [1.807, 2.05) is 30.3 Å². The highest BCUT2D eigenvalue weighted by atomic mass is 32.2. The Hall–Kier alpha value is -1.88. The molecule has 1 aromatic heterocycles. The summed E-state index contributed by atoms with van der Waals surface area (Å²) in [4.78, 5) is 11.5. The number of rotatable bonds is 5. The third-order valence-electron chi connectivity index (χ3n) is 3.51. The van der Waals surface area contributed by atoms with Crippen molar-refractivity contribution in [2.75, 3.05) is 5.75 Å². The van der Waals surface area contributed by atoms with Crippen LogP contribution in [0.15, 0.2) is 36.5 Å². The minimum Gasteiger partial charge on any atom is -0.300 e. The van der Waals surface area contributed by atoms with Crippen molar-refractivity contribution < 1.29 is 13.2 Å². The lowest BCUT2D eigenvalue weighted by Gasteiger charge is -2.06. The molecule has 1 aromatic carbocycles. The summed E-state index contributed by atoms with van der Waals surface area (Å²) in [5, 5.41) is 0. The van der Waals surface area contributed by atoms with Gasteiger partial charge in [0.2, 0.25) is 10.0 Å². The molecule has 0 aliphatic carbocycles. The van der Waals surface area contributed by atoms with Gasteiger partial charge in [0.1, 0.15) is 5.78 Å². The molecule has 1 heterocycles. The van der Waals surface area contributed by atoms with Gasteiger partial charge in [-0.1, -0.05) is 30.3 Å². The van der Waals surface area contributed by atoms with Gasteiger partial charge in [0.25, 0.3) is 0 Å². The second-order valence-corrected chi connectivity index (χ2v) is 7.18. The van der Waals surface area contributed by atoms with Gasteiger partial charge >= 0.3 is 0 Å². The molecule has 0 fully saturated rings. The number of hydrogen-bond acceptors (Lipinski definition) is 3. The number of carbonyl (C=O) groups excluding carboxylic acids is 1. The highest BCUT2D eigenvalue weighted by molar-refractivity contribution is 7.89. The molecule has 5 heteroatoms. The summed E-state index contributed by atoms with van der Waals surface area (Å²) in [6.45, 7) is 4.87. The predicted octanol–water partition coefficient (Wildman–Crippen LogP) is 2.79. The minimum atomic E-state index is -3.37. The van der Waals surface area contributed by atoms with E-state index in [9.17, 15) is 13.2 Å². The number of hydrogen-bond donors (Lipinski definition) is 0. The smallest absolute Gasteiger partial charge is 0.238 e. The lowest BCUT2D eigenvalue weighted by Crippen LogP contribution is -2.15. The maximum Gasteiger partial charge on any atom is 0.238 e. The Bertz CT molecular complexity index is 758. The molecule has 0 spiro atoms. The molecule has 2 aromatic rings.